The van der Waals surface area contributed by atoms with Crippen molar-refractivity contribution in [2.75, 3.05) is 19.3 Å². The molecule has 0 aromatic heterocycles. The van der Waals surface area contributed by atoms with Crippen LogP contribution in [0.25, 0.3) is 16.7 Å². The molecule has 1 atom stereocenters. The number of ether oxygens (including phenoxy) is 1. The number of aryl methyl sites for hydroxylation is 1. The van der Waals surface area contributed by atoms with Crippen molar-refractivity contribution < 1.29 is 27.9 Å². The minimum Gasteiger partial charge on any atom is -0.507 e. The predicted octanol–water partition coefficient (Wildman–Crippen LogP) is 4.82. The van der Waals surface area contributed by atoms with E-state index in [9.17, 15) is 23.1 Å². The highest BCUT2D eigenvalue weighted by molar-refractivity contribution is 7.90. The Morgan fingerprint density at radius 1 is 1.23 bits per heavy atom. The number of benzene rings is 2. The quantitative estimate of drug-likeness (QED) is 0.410. The van der Waals surface area contributed by atoms with Gasteiger partial charge in [0.05, 0.1) is 17.1 Å². The van der Waals surface area contributed by atoms with E-state index in [-0.39, 0.29) is 33.7 Å². The van der Waals surface area contributed by atoms with Gasteiger partial charge in [0.25, 0.3) is 0 Å². The van der Waals surface area contributed by atoms with Gasteiger partial charge in [0.2, 0.25) is 5.91 Å². The fraction of sp³-hybridized carbons (Fsp3) is 0.276. The van der Waals surface area contributed by atoms with Crippen LogP contribution in [0.5, 0.6) is 0 Å². The molecule has 1 unspecified atom stereocenters. The SMILES string of the molecule is Cc1cc(-c2cccc(S(C)(=O)=O)c2)c(Cl)cc1C1=C(O)C2(CCCN(C(=O)/C=C\C3=CCC=N3)C2)OC1=O. The predicted molar refractivity (Wildman–Crippen MR) is 149 cm³/mol. The Morgan fingerprint density at radius 3 is 2.74 bits per heavy atom. The number of sulfone groups is 1. The number of aliphatic imine (C=N–C) groups is 1. The second-order valence-electron chi connectivity index (χ2n) is 9.93. The van der Waals surface area contributed by atoms with E-state index in [1.165, 1.54) is 12.1 Å². The third-order valence-electron chi connectivity index (χ3n) is 7.15. The molecule has 0 radical (unpaired) electrons. The smallest absolute Gasteiger partial charge is 0.343 e. The van der Waals surface area contributed by atoms with E-state index in [0.29, 0.717) is 47.3 Å². The summed E-state index contributed by atoms with van der Waals surface area (Å²) in [5, 5.41) is 11.6. The average molecular weight is 567 g/mol. The summed E-state index contributed by atoms with van der Waals surface area (Å²) in [5.74, 6) is -1.16. The Labute approximate surface area is 231 Å². The second-order valence-corrected chi connectivity index (χ2v) is 12.4. The number of esters is 1. The molecule has 10 heteroatoms. The normalized spacial score (nSPS) is 21.3. The van der Waals surface area contributed by atoms with Gasteiger partial charge >= 0.3 is 5.97 Å². The first kappa shape index (κ1) is 26.9. The highest BCUT2D eigenvalue weighted by Crippen LogP contribution is 2.44. The Morgan fingerprint density at radius 2 is 2.03 bits per heavy atom. The first-order chi connectivity index (χ1) is 18.5. The van der Waals surface area contributed by atoms with Gasteiger partial charge in [-0.2, -0.15) is 0 Å². The monoisotopic (exact) mass is 566 g/mol. The number of aliphatic hydroxyl groups excluding tert-OH is 1. The zero-order valence-corrected chi connectivity index (χ0v) is 23.1. The summed E-state index contributed by atoms with van der Waals surface area (Å²) < 4.78 is 29.8. The van der Waals surface area contributed by atoms with Crippen molar-refractivity contribution in [2.24, 2.45) is 4.99 Å². The van der Waals surface area contributed by atoms with Crippen molar-refractivity contribution >= 4 is 45.1 Å². The molecule has 1 spiro atoms. The maximum absolute atomic E-state index is 13.1. The zero-order chi connectivity index (χ0) is 27.9. The molecule has 1 fully saturated rings. The molecular formula is C29H27ClN2O6S. The Bertz CT molecular complexity index is 1620. The van der Waals surface area contributed by atoms with E-state index in [2.05, 4.69) is 4.99 Å². The van der Waals surface area contributed by atoms with E-state index >= 15 is 0 Å². The molecule has 2 aromatic carbocycles. The summed E-state index contributed by atoms with van der Waals surface area (Å²) >= 11 is 6.63. The fourth-order valence-corrected chi connectivity index (χ4v) is 6.09. The molecule has 0 aliphatic carbocycles. The largest absolute Gasteiger partial charge is 0.507 e. The Hall–Kier alpha value is -3.69. The van der Waals surface area contributed by atoms with E-state index < -0.39 is 21.4 Å². The number of likely N-dealkylation sites (tertiary alicyclic amines) is 1. The fourth-order valence-electron chi connectivity index (χ4n) is 5.15. The van der Waals surface area contributed by atoms with Crippen LogP contribution >= 0.6 is 11.6 Å². The molecule has 1 saturated heterocycles. The highest BCUT2D eigenvalue weighted by Gasteiger charge is 2.51. The van der Waals surface area contributed by atoms with E-state index in [0.717, 1.165) is 12.7 Å². The minimum atomic E-state index is -3.41. The number of carbonyl (C=O) groups is 2. The number of piperidine rings is 1. The van der Waals surface area contributed by atoms with Crippen LogP contribution in [0.1, 0.15) is 30.4 Å². The van der Waals surface area contributed by atoms with Gasteiger partial charge in [-0.05, 0) is 66.8 Å². The summed E-state index contributed by atoms with van der Waals surface area (Å²) in [6, 6.07) is 9.78. The summed E-state index contributed by atoms with van der Waals surface area (Å²) in [6.07, 6.45) is 9.53. The Balaban J connectivity index is 1.46. The lowest BCUT2D eigenvalue weighted by Gasteiger charge is -2.38. The molecule has 0 saturated carbocycles. The van der Waals surface area contributed by atoms with Crippen LogP contribution in [0, 0.1) is 6.92 Å². The summed E-state index contributed by atoms with van der Waals surface area (Å²) in [4.78, 5) is 31.9. The summed E-state index contributed by atoms with van der Waals surface area (Å²) in [7, 11) is -3.41. The number of aliphatic hydroxyl groups is 1. The van der Waals surface area contributed by atoms with E-state index in [4.69, 9.17) is 16.3 Å². The van der Waals surface area contributed by atoms with Crippen molar-refractivity contribution in [1.29, 1.82) is 0 Å². The van der Waals surface area contributed by atoms with Crippen LogP contribution in [0.2, 0.25) is 5.02 Å². The van der Waals surface area contributed by atoms with Crippen LogP contribution in [0.3, 0.4) is 0 Å². The number of hydrogen-bond acceptors (Lipinski definition) is 7. The topological polar surface area (TPSA) is 113 Å². The number of rotatable bonds is 5. The maximum atomic E-state index is 13.1. The van der Waals surface area contributed by atoms with Gasteiger partial charge in [-0.3, -0.25) is 9.79 Å². The second kappa shape index (κ2) is 10.1. The lowest BCUT2D eigenvalue weighted by molar-refractivity contribution is -0.155. The molecule has 2 aromatic rings. The van der Waals surface area contributed by atoms with Crippen LogP contribution in [-0.2, 0) is 24.2 Å². The number of allylic oxidation sites excluding steroid dienone is 2. The highest BCUT2D eigenvalue weighted by atomic mass is 35.5. The first-order valence-electron chi connectivity index (χ1n) is 12.5. The zero-order valence-electron chi connectivity index (χ0n) is 21.5. The number of carbonyl (C=O) groups excluding carboxylic acids is 2. The number of nitrogens with zero attached hydrogens (tertiary/aromatic N) is 2. The lowest BCUT2D eigenvalue weighted by Crippen LogP contribution is -2.51. The molecule has 39 heavy (non-hydrogen) atoms. The molecule has 3 heterocycles. The molecule has 1 N–H and O–H groups in total. The van der Waals surface area contributed by atoms with Gasteiger partial charge in [0.1, 0.15) is 5.57 Å². The van der Waals surface area contributed by atoms with Crippen LogP contribution < -0.4 is 0 Å². The molecule has 5 rings (SSSR count). The van der Waals surface area contributed by atoms with Gasteiger partial charge in [0, 0.05) is 42.1 Å². The molecule has 1 amide bonds. The van der Waals surface area contributed by atoms with Crippen molar-refractivity contribution in [3.05, 3.63) is 82.2 Å². The lowest BCUT2D eigenvalue weighted by atomic mass is 9.87. The third-order valence-corrected chi connectivity index (χ3v) is 8.58. The molecule has 3 aliphatic rings. The number of amides is 1. The van der Waals surface area contributed by atoms with Gasteiger partial charge in [-0.15, -0.1) is 0 Å². The first-order valence-corrected chi connectivity index (χ1v) is 14.7. The molecule has 0 bridgehead atoms. The molecular weight excluding hydrogens is 540 g/mol. The number of halogens is 1. The average Bonchev–Trinajstić information content (AvgIpc) is 3.50. The summed E-state index contributed by atoms with van der Waals surface area (Å²) in [6.45, 7) is 2.28. The maximum Gasteiger partial charge on any atom is 0.343 e. The minimum absolute atomic E-state index is 0.0149. The van der Waals surface area contributed by atoms with Crippen molar-refractivity contribution in [2.45, 2.75) is 36.7 Å². The third kappa shape index (κ3) is 5.16. The molecule has 8 nitrogen and oxygen atoms in total. The van der Waals surface area contributed by atoms with Crippen LogP contribution in [0.4, 0.5) is 0 Å². The summed E-state index contributed by atoms with van der Waals surface area (Å²) in [5.41, 5.74) is 1.65. The van der Waals surface area contributed by atoms with Crippen LogP contribution in [0.15, 0.2) is 76.0 Å². The van der Waals surface area contributed by atoms with Crippen molar-refractivity contribution in [1.82, 2.24) is 4.90 Å². The van der Waals surface area contributed by atoms with E-state index in [1.807, 2.05) is 6.08 Å². The molecule has 202 valence electrons. The van der Waals surface area contributed by atoms with Gasteiger partial charge < -0.3 is 14.7 Å². The van der Waals surface area contributed by atoms with Gasteiger partial charge in [-0.25, -0.2) is 13.2 Å². The van der Waals surface area contributed by atoms with Crippen molar-refractivity contribution in [3.63, 3.8) is 0 Å². The van der Waals surface area contributed by atoms with Crippen LogP contribution in [-0.4, -0.2) is 61.5 Å². The standard InChI is InChI=1S/C29H27ClN2O6S/c1-18-14-23(19-6-3-8-21(15-19)39(2,36)37)24(30)16-22(18)26-27(34)29(38-28(26)35)11-5-13-32(17-29)25(33)10-9-20-7-4-12-31-20/h3,6-10,12,14-16,34H,4-5,11,13,17H2,1-2H3/b10-9-. The molecule has 3 aliphatic heterocycles. The van der Waals surface area contributed by atoms with E-state index in [1.54, 1.807) is 54.4 Å². The van der Waals surface area contributed by atoms with Crippen molar-refractivity contribution in [3.8, 4) is 11.1 Å². The number of hydrogen-bond donors (Lipinski definition) is 1. The van der Waals surface area contributed by atoms with Gasteiger partial charge in [0.15, 0.2) is 21.2 Å². The Kier molecular flexibility index (Phi) is 6.99. The van der Waals surface area contributed by atoms with Gasteiger partial charge in [-0.1, -0.05) is 29.8 Å².